The molecule has 7 heteroatoms. The minimum absolute atomic E-state index is 0.0111. The van der Waals surface area contributed by atoms with E-state index in [1.807, 2.05) is 6.92 Å². The van der Waals surface area contributed by atoms with Gasteiger partial charge in [0.15, 0.2) is 5.69 Å². The largest absolute Gasteiger partial charge is 0.494 e. The van der Waals surface area contributed by atoms with Gasteiger partial charge in [-0.25, -0.2) is 9.97 Å². The Hall–Kier alpha value is -2.70. The number of benzene rings is 1. The SMILES string of the molecule is CCOc1ccc(-c2nc(N)nc(C)c2[N+](=O)[O-])cc1. The standard InChI is InChI=1S/C13H14N4O3/c1-3-20-10-6-4-9(5-7-10)11-12(17(18)19)8(2)15-13(14)16-11/h4-7H,3H2,1-2H3,(H2,14,15,16). The van der Waals surface area contributed by atoms with Crippen LogP contribution in [0.15, 0.2) is 24.3 Å². The van der Waals surface area contributed by atoms with Crippen molar-refractivity contribution in [3.63, 3.8) is 0 Å². The van der Waals surface area contributed by atoms with E-state index >= 15 is 0 Å². The number of aryl methyl sites for hydroxylation is 1. The molecule has 2 aromatic rings. The lowest BCUT2D eigenvalue weighted by molar-refractivity contribution is -0.385. The quantitative estimate of drug-likeness (QED) is 0.677. The summed E-state index contributed by atoms with van der Waals surface area (Å²) in [5.74, 6) is 0.703. The Kier molecular flexibility index (Phi) is 3.79. The molecule has 0 saturated carbocycles. The minimum atomic E-state index is -0.499. The fraction of sp³-hybridized carbons (Fsp3) is 0.231. The summed E-state index contributed by atoms with van der Waals surface area (Å²) in [4.78, 5) is 18.5. The number of nitrogen functional groups attached to an aromatic ring is 1. The number of ether oxygens (including phenoxy) is 1. The average molecular weight is 274 g/mol. The van der Waals surface area contributed by atoms with Crippen LogP contribution in [0.3, 0.4) is 0 Å². The van der Waals surface area contributed by atoms with E-state index in [0.717, 1.165) is 0 Å². The lowest BCUT2D eigenvalue weighted by atomic mass is 10.1. The van der Waals surface area contributed by atoms with Gasteiger partial charge in [0, 0.05) is 5.56 Å². The first-order valence-electron chi connectivity index (χ1n) is 6.04. The van der Waals surface area contributed by atoms with E-state index in [1.54, 1.807) is 24.3 Å². The van der Waals surface area contributed by atoms with Crippen LogP contribution in [0.5, 0.6) is 5.75 Å². The summed E-state index contributed by atoms with van der Waals surface area (Å²) in [6.45, 7) is 3.97. The van der Waals surface area contributed by atoms with Gasteiger partial charge in [-0.15, -0.1) is 0 Å². The molecule has 0 unspecified atom stereocenters. The second-order valence-corrected chi connectivity index (χ2v) is 4.08. The minimum Gasteiger partial charge on any atom is -0.494 e. The lowest BCUT2D eigenvalue weighted by Crippen LogP contribution is -2.04. The Morgan fingerprint density at radius 1 is 1.30 bits per heavy atom. The van der Waals surface area contributed by atoms with Crippen molar-refractivity contribution < 1.29 is 9.66 Å². The predicted molar refractivity (Wildman–Crippen MR) is 74.4 cm³/mol. The molecule has 1 aromatic carbocycles. The number of nitrogens with zero attached hydrogens (tertiary/aromatic N) is 3. The van der Waals surface area contributed by atoms with Gasteiger partial charge in [-0.1, -0.05) is 0 Å². The van der Waals surface area contributed by atoms with Crippen molar-refractivity contribution in [1.29, 1.82) is 0 Å². The molecule has 0 fully saturated rings. The molecule has 0 atom stereocenters. The number of hydrogen-bond donors (Lipinski definition) is 1. The smallest absolute Gasteiger partial charge is 0.316 e. The molecule has 0 saturated heterocycles. The first-order chi connectivity index (χ1) is 9.52. The molecule has 0 aliphatic rings. The highest BCUT2D eigenvalue weighted by molar-refractivity contribution is 5.72. The predicted octanol–water partition coefficient (Wildman–Crippen LogP) is 2.34. The van der Waals surface area contributed by atoms with Crippen LogP contribution >= 0.6 is 0 Å². The summed E-state index contributed by atoms with van der Waals surface area (Å²) in [7, 11) is 0. The van der Waals surface area contributed by atoms with Gasteiger partial charge in [0.1, 0.15) is 11.4 Å². The number of nitrogens with two attached hydrogens (primary N) is 1. The molecule has 0 bridgehead atoms. The van der Waals surface area contributed by atoms with Crippen molar-refractivity contribution >= 4 is 11.6 Å². The van der Waals surface area contributed by atoms with Gasteiger partial charge in [0.05, 0.1) is 11.5 Å². The second-order valence-electron chi connectivity index (χ2n) is 4.08. The highest BCUT2D eigenvalue weighted by atomic mass is 16.6. The van der Waals surface area contributed by atoms with E-state index in [0.29, 0.717) is 17.9 Å². The van der Waals surface area contributed by atoms with Crippen molar-refractivity contribution in [3.8, 4) is 17.0 Å². The Bertz CT molecular complexity index is 641. The third kappa shape index (κ3) is 2.66. The highest BCUT2D eigenvalue weighted by Crippen LogP contribution is 2.31. The summed E-state index contributed by atoms with van der Waals surface area (Å²) in [5, 5.41) is 11.2. The zero-order valence-electron chi connectivity index (χ0n) is 11.2. The summed E-state index contributed by atoms with van der Waals surface area (Å²) >= 11 is 0. The van der Waals surface area contributed by atoms with Gasteiger partial charge >= 0.3 is 5.69 Å². The number of rotatable bonds is 4. The summed E-state index contributed by atoms with van der Waals surface area (Å²) in [5.41, 5.74) is 6.49. The average Bonchev–Trinajstić information content (AvgIpc) is 2.38. The first-order valence-corrected chi connectivity index (χ1v) is 6.04. The molecule has 20 heavy (non-hydrogen) atoms. The van der Waals surface area contributed by atoms with Crippen molar-refractivity contribution in [2.75, 3.05) is 12.3 Å². The third-order valence-corrected chi connectivity index (χ3v) is 2.70. The molecule has 0 amide bonds. The van der Waals surface area contributed by atoms with Crippen LogP contribution in [0.25, 0.3) is 11.3 Å². The molecule has 104 valence electrons. The molecule has 0 radical (unpaired) electrons. The number of aromatic nitrogens is 2. The van der Waals surface area contributed by atoms with Crippen LogP contribution in [-0.4, -0.2) is 21.5 Å². The van der Waals surface area contributed by atoms with Crippen molar-refractivity contribution in [2.24, 2.45) is 0 Å². The van der Waals surface area contributed by atoms with Crippen molar-refractivity contribution in [2.45, 2.75) is 13.8 Å². The molecule has 7 nitrogen and oxygen atoms in total. The van der Waals surface area contributed by atoms with Gasteiger partial charge in [0.25, 0.3) is 0 Å². The van der Waals surface area contributed by atoms with Gasteiger partial charge in [-0.05, 0) is 38.1 Å². The Balaban J connectivity index is 2.53. The van der Waals surface area contributed by atoms with E-state index in [-0.39, 0.29) is 23.0 Å². The van der Waals surface area contributed by atoms with Gasteiger partial charge in [0.2, 0.25) is 5.95 Å². The van der Waals surface area contributed by atoms with E-state index in [1.165, 1.54) is 6.92 Å². The molecule has 1 heterocycles. The zero-order chi connectivity index (χ0) is 14.7. The van der Waals surface area contributed by atoms with Crippen LogP contribution in [-0.2, 0) is 0 Å². The van der Waals surface area contributed by atoms with Crippen LogP contribution in [0.2, 0.25) is 0 Å². The first kappa shape index (κ1) is 13.7. The van der Waals surface area contributed by atoms with Gasteiger partial charge < -0.3 is 10.5 Å². The maximum atomic E-state index is 11.2. The summed E-state index contributed by atoms with van der Waals surface area (Å²) in [6.07, 6.45) is 0. The zero-order valence-corrected chi connectivity index (χ0v) is 11.2. The Labute approximate surface area is 115 Å². The molecule has 2 N–H and O–H groups in total. The van der Waals surface area contributed by atoms with Crippen LogP contribution < -0.4 is 10.5 Å². The van der Waals surface area contributed by atoms with E-state index in [9.17, 15) is 10.1 Å². The molecular weight excluding hydrogens is 260 g/mol. The molecular formula is C13H14N4O3. The normalized spacial score (nSPS) is 10.3. The van der Waals surface area contributed by atoms with E-state index < -0.39 is 4.92 Å². The Morgan fingerprint density at radius 3 is 2.50 bits per heavy atom. The summed E-state index contributed by atoms with van der Waals surface area (Å²) < 4.78 is 5.33. The van der Waals surface area contributed by atoms with E-state index in [4.69, 9.17) is 10.5 Å². The van der Waals surface area contributed by atoms with Crippen molar-refractivity contribution in [3.05, 3.63) is 40.1 Å². The maximum absolute atomic E-state index is 11.2. The highest BCUT2D eigenvalue weighted by Gasteiger charge is 2.22. The second kappa shape index (κ2) is 5.52. The molecule has 0 spiro atoms. The fourth-order valence-electron chi connectivity index (χ4n) is 1.88. The van der Waals surface area contributed by atoms with Crippen molar-refractivity contribution in [1.82, 2.24) is 9.97 Å². The fourth-order valence-corrected chi connectivity index (χ4v) is 1.88. The molecule has 2 rings (SSSR count). The Morgan fingerprint density at radius 2 is 1.95 bits per heavy atom. The van der Waals surface area contributed by atoms with E-state index in [2.05, 4.69) is 9.97 Å². The lowest BCUT2D eigenvalue weighted by Gasteiger charge is -2.07. The number of hydrogen-bond acceptors (Lipinski definition) is 6. The molecule has 1 aromatic heterocycles. The maximum Gasteiger partial charge on any atom is 0.316 e. The molecule has 0 aliphatic heterocycles. The van der Waals surface area contributed by atoms with Crippen LogP contribution in [0.4, 0.5) is 11.6 Å². The third-order valence-electron chi connectivity index (χ3n) is 2.70. The summed E-state index contributed by atoms with van der Waals surface area (Å²) in [6, 6.07) is 6.88. The van der Waals surface area contributed by atoms with Crippen LogP contribution in [0, 0.1) is 17.0 Å². The van der Waals surface area contributed by atoms with Gasteiger partial charge in [-0.2, -0.15) is 0 Å². The number of nitro groups is 1. The van der Waals surface area contributed by atoms with Crippen LogP contribution in [0.1, 0.15) is 12.6 Å². The number of anilines is 1. The molecule has 0 aliphatic carbocycles. The topological polar surface area (TPSA) is 104 Å². The van der Waals surface area contributed by atoms with Gasteiger partial charge in [-0.3, -0.25) is 10.1 Å². The monoisotopic (exact) mass is 274 g/mol.